The van der Waals surface area contributed by atoms with Crippen LogP contribution in [0, 0.1) is 0 Å². The number of rotatable bonds is 8. The van der Waals surface area contributed by atoms with Gasteiger partial charge in [0.15, 0.2) is 0 Å². The summed E-state index contributed by atoms with van der Waals surface area (Å²) in [4.78, 5) is 0. The van der Waals surface area contributed by atoms with E-state index in [1.165, 1.54) is 51.4 Å². The summed E-state index contributed by atoms with van der Waals surface area (Å²) in [5.74, 6) is 0. The minimum absolute atomic E-state index is 0.469. The van der Waals surface area contributed by atoms with Crippen LogP contribution in [-0.4, -0.2) is 6.04 Å². The summed E-state index contributed by atoms with van der Waals surface area (Å²) in [6, 6.07) is 0.469. The summed E-state index contributed by atoms with van der Waals surface area (Å²) in [6.07, 6.45) is 10.5. The van der Waals surface area contributed by atoms with Gasteiger partial charge in [-0.25, -0.2) is 0 Å². The Labute approximate surface area is 77.7 Å². The lowest BCUT2D eigenvalue weighted by molar-refractivity contribution is 0.512. The third kappa shape index (κ3) is 8.06. The van der Waals surface area contributed by atoms with Crippen molar-refractivity contribution in [2.24, 2.45) is 5.73 Å². The Balaban J connectivity index is 2.97. The summed E-state index contributed by atoms with van der Waals surface area (Å²) in [7, 11) is 0. The largest absolute Gasteiger partial charge is 0.328 e. The first-order valence-corrected chi connectivity index (χ1v) is 5.56. The third-order valence-corrected chi connectivity index (χ3v) is 2.34. The Bertz CT molecular complexity index is 81.1. The van der Waals surface area contributed by atoms with Crippen LogP contribution in [0.15, 0.2) is 0 Å². The van der Waals surface area contributed by atoms with Crippen molar-refractivity contribution >= 4 is 0 Å². The molecule has 0 saturated carbocycles. The first-order valence-electron chi connectivity index (χ1n) is 5.56. The maximum absolute atomic E-state index is 5.90. The van der Waals surface area contributed by atoms with E-state index in [1.54, 1.807) is 0 Å². The van der Waals surface area contributed by atoms with Crippen LogP contribution in [0.25, 0.3) is 0 Å². The first-order chi connectivity index (χ1) is 5.81. The molecular formula is C11H25N. The molecule has 0 saturated heterocycles. The van der Waals surface area contributed by atoms with Crippen LogP contribution in [0.1, 0.15) is 65.2 Å². The zero-order chi connectivity index (χ0) is 9.23. The lowest BCUT2D eigenvalue weighted by Crippen LogP contribution is -2.18. The molecule has 0 aromatic rings. The molecule has 1 heteroatoms. The second-order valence-electron chi connectivity index (χ2n) is 3.75. The Morgan fingerprint density at radius 3 is 2.08 bits per heavy atom. The van der Waals surface area contributed by atoms with Crippen molar-refractivity contribution in [1.82, 2.24) is 0 Å². The van der Waals surface area contributed by atoms with E-state index in [-0.39, 0.29) is 0 Å². The normalized spacial score (nSPS) is 13.2. The van der Waals surface area contributed by atoms with Gasteiger partial charge >= 0.3 is 0 Å². The molecule has 2 N–H and O–H groups in total. The molecule has 0 heterocycles. The highest BCUT2D eigenvalue weighted by atomic mass is 14.6. The van der Waals surface area contributed by atoms with Gasteiger partial charge < -0.3 is 5.73 Å². The van der Waals surface area contributed by atoms with Crippen LogP contribution in [0.5, 0.6) is 0 Å². The summed E-state index contributed by atoms with van der Waals surface area (Å²) in [6.45, 7) is 4.46. The molecular weight excluding hydrogens is 146 g/mol. The number of unbranched alkanes of at least 4 members (excludes halogenated alkanes) is 4. The molecule has 0 fully saturated rings. The highest BCUT2D eigenvalue weighted by molar-refractivity contribution is 4.59. The maximum atomic E-state index is 5.90. The predicted molar refractivity (Wildman–Crippen MR) is 56.3 cm³/mol. The Morgan fingerprint density at radius 2 is 1.50 bits per heavy atom. The van der Waals surface area contributed by atoms with Gasteiger partial charge in [0.25, 0.3) is 0 Å². The van der Waals surface area contributed by atoms with Crippen molar-refractivity contribution in [2.75, 3.05) is 0 Å². The average Bonchev–Trinajstić information content (AvgIpc) is 2.05. The van der Waals surface area contributed by atoms with E-state index < -0.39 is 0 Å². The average molecular weight is 171 g/mol. The van der Waals surface area contributed by atoms with Crippen molar-refractivity contribution in [1.29, 1.82) is 0 Å². The fourth-order valence-corrected chi connectivity index (χ4v) is 1.53. The molecule has 0 aliphatic rings. The van der Waals surface area contributed by atoms with Crippen LogP contribution < -0.4 is 5.73 Å². The Morgan fingerprint density at radius 1 is 0.833 bits per heavy atom. The fraction of sp³-hybridized carbons (Fsp3) is 1.00. The van der Waals surface area contributed by atoms with E-state index in [1.807, 2.05) is 0 Å². The van der Waals surface area contributed by atoms with Crippen LogP contribution in [-0.2, 0) is 0 Å². The molecule has 0 radical (unpaired) electrons. The lowest BCUT2D eigenvalue weighted by Gasteiger charge is -2.08. The minimum atomic E-state index is 0.469. The van der Waals surface area contributed by atoms with Gasteiger partial charge in [-0.1, -0.05) is 52.4 Å². The summed E-state index contributed by atoms with van der Waals surface area (Å²) in [5, 5.41) is 0. The summed E-state index contributed by atoms with van der Waals surface area (Å²) >= 11 is 0. The van der Waals surface area contributed by atoms with Crippen molar-refractivity contribution in [3.05, 3.63) is 0 Å². The van der Waals surface area contributed by atoms with Crippen LogP contribution >= 0.6 is 0 Å². The molecule has 0 aromatic carbocycles. The molecule has 0 amide bonds. The zero-order valence-corrected chi connectivity index (χ0v) is 8.81. The fourth-order valence-electron chi connectivity index (χ4n) is 1.53. The van der Waals surface area contributed by atoms with Gasteiger partial charge in [0, 0.05) is 6.04 Å². The van der Waals surface area contributed by atoms with E-state index in [0.29, 0.717) is 6.04 Å². The summed E-state index contributed by atoms with van der Waals surface area (Å²) in [5.41, 5.74) is 5.90. The van der Waals surface area contributed by atoms with Gasteiger partial charge in [0.05, 0.1) is 0 Å². The highest BCUT2D eigenvalue weighted by Crippen LogP contribution is 2.08. The van der Waals surface area contributed by atoms with Gasteiger partial charge in [0.2, 0.25) is 0 Å². The van der Waals surface area contributed by atoms with E-state index in [2.05, 4.69) is 13.8 Å². The standard InChI is InChI=1S/C11H25N/c1-3-5-6-7-8-10-11(12)9-4-2/h11H,3-10,12H2,1-2H3/t11-/m0/s1. The SMILES string of the molecule is CCCCCCC[C@@H](N)CCC. The smallest absolute Gasteiger partial charge is 0.00387 e. The highest BCUT2D eigenvalue weighted by Gasteiger charge is 1.99. The number of hydrogen-bond donors (Lipinski definition) is 1. The Kier molecular flexibility index (Phi) is 9.02. The van der Waals surface area contributed by atoms with Gasteiger partial charge in [-0.3, -0.25) is 0 Å². The van der Waals surface area contributed by atoms with Crippen molar-refractivity contribution in [3.8, 4) is 0 Å². The molecule has 0 spiro atoms. The van der Waals surface area contributed by atoms with Crippen LogP contribution in [0.2, 0.25) is 0 Å². The molecule has 0 aliphatic carbocycles. The first kappa shape index (κ1) is 12.0. The number of nitrogens with two attached hydrogens (primary N) is 1. The van der Waals surface area contributed by atoms with E-state index in [0.717, 1.165) is 0 Å². The second kappa shape index (κ2) is 9.05. The van der Waals surface area contributed by atoms with Gasteiger partial charge in [-0.15, -0.1) is 0 Å². The molecule has 74 valence electrons. The molecule has 0 unspecified atom stereocenters. The van der Waals surface area contributed by atoms with Crippen molar-refractivity contribution in [3.63, 3.8) is 0 Å². The molecule has 0 aromatic heterocycles. The topological polar surface area (TPSA) is 26.0 Å². The number of hydrogen-bond acceptors (Lipinski definition) is 1. The van der Waals surface area contributed by atoms with Crippen molar-refractivity contribution in [2.45, 2.75) is 71.3 Å². The molecule has 1 atom stereocenters. The van der Waals surface area contributed by atoms with E-state index in [4.69, 9.17) is 5.73 Å². The molecule has 1 nitrogen and oxygen atoms in total. The monoisotopic (exact) mass is 171 g/mol. The van der Waals surface area contributed by atoms with Gasteiger partial charge in [-0.2, -0.15) is 0 Å². The molecule has 12 heavy (non-hydrogen) atoms. The molecule has 0 bridgehead atoms. The van der Waals surface area contributed by atoms with Gasteiger partial charge in [-0.05, 0) is 12.8 Å². The van der Waals surface area contributed by atoms with E-state index >= 15 is 0 Å². The quantitative estimate of drug-likeness (QED) is 0.556. The lowest BCUT2D eigenvalue weighted by atomic mass is 10.0. The zero-order valence-electron chi connectivity index (χ0n) is 8.81. The molecule has 0 rings (SSSR count). The predicted octanol–water partition coefficient (Wildman–Crippen LogP) is 3.47. The molecule has 0 aliphatic heterocycles. The van der Waals surface area contributed by atoms with Crippen LogP contribution in [0.4, 0.5) is 0 Å². The third-order valence-electron chi connectivity index (χ3n) is 2.34. The summed E-state index contributed by atoms with van der Waals surface area (Å²) < 4.78 is 0. The maximum Gasteiger partial charge on any atom is 0.00387 e. The van der Waals surface area contributed by atoms with Gasteiger partial charge in [0.1, 0.15) is 0 Å². The van der Waals surface area contributed by atoms with Crippen molar-refractivity contribution < 1.29 is 0 Å². The second-order valence-corrected chi connectivity index (χ2v) is 3.75. The van der Waals surface area contributed by atoms with Crippen LogP contribution in [0.3, 0.4) is 0 Å². The minimum Gasteiger partial charge on any atom is -0.328 e. The van der Waals surface area contributed by atoms with E-state index in [9.17, 15) is 0 Å². The Hall–Kier alpha value is -0.0400.